The Kier molecular flexibility index (Phi) is 5.61. The molecule has 0 heterocycles. The molecule has 2 nitrogen and oxygen atoms in total. The Bertz CT molecular complexity index is 556. The van der Waals surface area contributed by atoms with Gasteiger partial charge in [0.25, 0.3) is 0 Å². The lowest BCUT2D eigenvalue weighted by atomic mass is 10.0. The van der Waals surface area contributed by atoms with Crippen molar-refractivity contribution in [3.8, 4) is 5.75 Å². The van der Waals surface area contributed by atoms with Crippen LogP contribution in [-0.2, 0) is 0 Å². The summed E-state index contributed by atoms with van der Waals surface area (Å²) in [4.78, 5) is 0. The van der Waals surface area contributed by atoms with Crippen LogP contribution >= 0.6 is 0 Å². The minimum Gasteiger partial charge on any atom is -0.494 e. The maximum atomic E-state index is 13.3. The number of halogens is 1. The lowest BCUT2D eigenvalue weighted by Crippen LogP contribution is -2.11. The van der Waals surface area contributed by atoms with Crippen molar-refractivity contribution in [2.45, 2.75) is 32.2 Å². The third-order valence-corrected chi connectivity index (χ3v) is 3.54. The van der Waals surface area contributed by atoms with E-state index in [4.69, 9.17) is 4.74 Å². The second kappa shape index (κ2) is 7.67. The van der Waals surface area contributed by atoms with E-state index in [9.17, 15) is 4.39 Å². The van der Waals surface area contributed by atoms with Gasteiger partial charge in [-0.3, -0.25) is 0 Å². The van der Waals surface area contributed by atoms with Gasteiger partial charge >= 0.3 is 0 Å². The molecular formula is C18H22FNO. The average molecular weight is 287 g/mol. The second-order valence-corrected chi connectivity index (χ2v) is 5.09. The van der Waals surface area contributed by atoms with E-state index in [1.807, 2.05) is 18.2 Å². The Morgan fingerprint density at radius 2 is 1.90 bits per heavy atom. The molecule has 1 unspecified atom stereocenters. The van der Waals surface area contributed by atoms with E-state index in [1.165, 1.54) is 17.7 Å². The van der Waals surface area contributed by atoms with Crippen molar-refractivity contribution in [1.29, 1.82) is 0 Å². The molecule has 21 heavy (non-hydrogen) atoms. The first-order valence-electron chi connectivity index (χ1n) is 7.39. The third kappa shape index (κ3) is 4.22. The van der Waals surface area contributed by atoms with Crippen molar-refractivity contribution >= 4 is 5.69 Å². The van der Waals surface area contributed by atoms with Gasteiger partial charge in [-0.25, -0.2) is 4.39 Å². The molecule has 2 aromatic carbocycles. The Hall–Kier alpha value is -2.03. The van der Waals surface area contributed by atoms with Crippen molar-refractivity contribution in [1.82, 2.24) is 0 Å². The highest BCUT2D eigenvalue weighted by molar-refractivity contribution is 5.57. The summed E-state index contributed by atoms with van der Waals surface area (Å²) in [5.74, 6) is 0.245. The standard InChI is InChI=1S/C18H22FNO/c1-3-4-10-16(14-8-6-5-7-9-14)20-17-12-11-15(19)13-18(17)21-2/h5-9,11-13,16,20H,3-4,10H2,1-2H3. The van der Waals surface area contributed by atoms with Gasteiger partial charge in [0.15, 0.2) is 0 Å². The van der Waals surface area contributed by atoms with Gasteiger partial charge < -0.3 is 10.1 Å². The Labute approximate surface area is 126 Å². The quantitative estimate of drug-likeness (QED) is 0.757. The SMILES string of the molecule is CCCCC(Nc1ccc(F)cc1OC)c1ccccc1. The molecule has 1 atom stereocenters. The Morgan fingerprint density at radius 1 is 1.14 bits per heavy atom. The largest absolute Gasteiger partial charge is 0.494 e. The first kappa shape index (κ1) is 15.4. The van der Waals surface area contributed by atoms with Crippen LogP contribution in [0.25, 0.3) is 0 Å². The zero-order chi connectivity index (χ0) is 15.1. The van der Waals surface area contributed by atoms with Gasteiger partial charge in [-0.05, 0) is 24.1 Å². The predicted molar refractivity (Wildman–Crippen MR) is 85.3 cm³/mol. The summed E-state index contributed by atoms with van der Waals surface area (Å²) in [5.41, 5.74) is 2.06. The molecule has 3 heteroatoms. The van der Waals surface area contributed by atoms with Crippen LogP contribution in [0.4, 0.5) is 10.1 Å². The van der Waals surface area contributed by atoms with Crippen molar-refractivity contribution in [3.05, 3.63) is 59.9 Å². The summed E-state index contributed by atoms with van der Waals surface area (Å²) < 4.78 is 18.6. The molecule has 0 fully saturated rings. The van der Waals surface area contributed by atoms with Crippen LogP contribution in [0.15, 0.2) is 48.5 Å². The van der Waals surface area contributed by atoms with E-state index < -0.39 is 0 Å². The first-order chi connectivity index (χ1) is 10.2. The van der Waals surface area contributed by atoms with Crippen LogP contribution < -0.4 is 10.1 Å². The van der Waals surface area contributed by atoms with Crippen molar-refractivity contribution in [2.75, 3.05) is 12.4 Å². The summed E-state index contributed by atoms with van der Waals surface area (Å²) in [7, 11) is 1.56. The van der Waals surface area contributed by atoms with Gasteiger partial charge in [-0.15, -0.1) is 0 Å². The van der Waals surface area contributed by atoms with E-state index >= 15 is 0 Å². The number of hydrogen-bond donors (Lipinski definition) is 1. The summed E-state index contributed by atoms with van der Waals surface area (Å²) in [6, 6.07) is 15.1. The molecular weight excluding hydrogens is 265 g/mol. The van der Waals surface area contributed by atoms with Gasteiger partial charge in [0.1, 0.15) is 11.6 Å². The number of anilines is 1. The fraction of sp³-hybridized carbons (Fsp3) is 0.333. The minimum absolute atomic E-state index is 0.200. The highest BCUT2D eigenvalue weighted by Crippen LogP contribution is 2.31. The predicted octanol–water partition coefficient (Wildman–Crippen LogP) is 5.18. The Morgan fingerprint density at radius 3 is 2.57 bits per heavy atom. The van der Waals surface area contributed by atoms with Gasteiger partial charge in [0, 0.05) is 6.07 Å². The van der Waals surface area contributed by atoms with Gasteiger partial charge in [-0.2, -0.15) is 0 Å². The number of hydrogen-bond acceptors (Lipinski definition) is 2. The highest BCUT2D eigenvalue weighted by atomic mass is 19.1. The van der Waals surface area contributed by atoms with Crippen molar-refractivity contribution < 1.29 is 9.13 Å². The zero-order valence-corrected chi connectivity index (χ0v) is 12.6. The number of rotatable bonds is 7. The number of benzene rings is 2. The van der Waals surface area contributed by atoms with Crippen LogP contribution in [0, 0.1) is 5.82 Å². The molecule has 0 radical (unpaired) electrons. The smallest absolute Gasteiger partial charge is 0.144 e. The Balaban J connectivity index is 2.22. The average Bonchev–Trinajstić information content (AvgIpc) is 2.53. The lowest BCUT2D eigenvalue weighted by molar-refractivity contribution is 0.412. The van der Waals surface area contributed by atoms with E-state index in [-0.39, 0.29) is 11.9 Å². The highest BCUT2D eigenvalue weighted by Gasteiger charge is 2.13. The molecule has 0 spiro atoms. The van der Waals surface area contributed by atoms with Gasteiger partial charge in [-0.1, -0.05) is 50.1 Å². The van der Waals surface area contributed by atoms with Crippen LogP contribution in [0.2, 0.25) is 0 Å². The first-order valence-corrected chi connectivity index (χ1v) is 7.39. The summed E-state index contributed by atoms with van der Waals surface area (Å²) in [6.07, 6.45) is 3.31. The number of nitrogens with one attached hydrogen (secondary N) is 1. The van der Waals surface area contributed by atoms with E-state index in [0.29, 0.717) is 5.75 Å². The molecule has 0 aromatic heterocycles. The molecule has 1 N–H and O–H groups in total. The lowest BCUT2D eigenvalue weighted by Gasteiger charge is -2.22. The molecule has 0 bridgehead atoms. The monoisotopic (exact) mass is 287 g/mol. The maximum Gasteiger partial charge on any atom is 0.144 e. The van der Waals surface area contributed by atoms with Crippen LogP contribution in [0.3, 0.4) is 0 Å². The number of methoxy groups -OCH3 is 1. The van der Waals surface area contributed by atoms with E-state index in [1.54, 1.807) is 13.2 Å². The summed E-state index contributed by atoms with van der Waals surface area (Å²) in [6.45, 7) is 2.18. The molecule has 0 amide bonds. The molecule has 112 valence electrons. The molecule has 0 aliphatic carbocycles. The molecule has 2 rings (SSSR count). The number of unbranched alkanes of at least 4 members (excludes halogenated alkanes) is 1. The normalized spacial score (nSPS) is 12.0. The molecule has 2 aromatic rings. The summed E-state index contributed by atoms with van der Waals surface area (Å²) in [5, 5.41) is 3.49. The fourth-order valence-corrected chi connectivity index (χ4v) is 2.39. The maximum absolute atomic E-state index is 13.3. The fourth-order valence-electron chi connectivity index (χ4n) is 2.39. The van der Waals surface area contributed by atoms with Crippen LogP contribution in [0.5, 0.6) is 5.75 Å². The van der Waals surface area contributed by atoms with Gasteiger partial charge in [0.05, 0.1) is 18.8 Å². The number of ether oxygens (including phenoxy) is 1. The van der Waals surface area contributed by atoms with Crippen molar-refractivity contribution in [2.24, 2.45) is 0 Å². The molecule has 0 saturated carbocycles. The minimum atomic E-state index is -0.290. The van der Waals surface area contributed by atoms with Gasteiger partial charge in [0.2, 0.25) is 0 Å². The van der Waals surface area contributed by atoms with Crippen LogP contribution in [0.1, 0.15) is 37.8 Å². The second-order valence-electron chi connectivity index (χ2n) is 5.09. The van der Waals surface area contributed by atoms with E-state index in [0.717, 1.165) is 24.9 Å². The van der Waals surface area contributed by atoms with Crippen LogP contribution in [-0.4, -0.2) is 7.11 Å². The van der Waals surface area contributed by atoms with E-state index in [2.05, 4.69) is 24.4 Å². The van der Waals surface area contributed by atoms with Crippen molar-refractivity contribution in [3.63, 3.8) is 0 Å². The molecule has 0 saturated heterocycles. The summed E-state index contributed by atoms with van der Waals surface area (Å²) >= 11 is 0. The zero-order valence-electron chi connectivity index (χ0n) is 12.6. The third-order valence-electron chi connectivity index (χ3n) is 3.54. The topological polar surface area (TPSA) is 21.3 Å². The molecule has 0 aliphatic rings. The molecule has 0 aliphatic heterocycles.